The number of allylic oxidation sites excluding steroid dienone is 2. The molecule has 0 aliphatic heterocycles. The van der Waals surface area contributed by atoms with Gasteiger partial charge >= 0.3 is 0 Å². The highest BCUT2D eigenvalue weighted by atomic mass is 127. The van der Waals surface area contributed by atoms with Crippen molar-refractivity contribution < 1.29 is 0 Å². The van der Waals surface area contributed by atoms with Crippen LogP contribution < -0.4 is 0 Å². The van der Waals surface area contributed by atoms with E-state index in [2.05, 4.69) is 85.6 Å². The maximum Gasteiger partial charge on any atom is 0.0372 e. The SMILES string of the molecule is CC1CC[C@@]2(C)C(=CC[C@@]3(C)[C@@H]4CC[C@H](c5ccc6cnccc6c5)C4(C)CC[C@]23I)C1. The zero-order valence-corrected chi connectivity index (χ0v) is 22.4. The highest BCUT2D eigenvalue weighted by Crippen LogP contribution is 2.76. The molecule has 1 aromatic carbocycles. The van der Waals surface area contributed by atoms with Gasteiger partial charge in [0.2, 0.25) is 0 Å². The average Bonchev–Trinajstić information content (AvgIpc) is 3.14. The highest BCUT2D eigenvalue weighted by Gasteiger charge is 2.69. The summed E-state index contributed by atoms with van der Waals surface area (Å²) in [5, 5.41) is 2.62. The van der Waals surface area contributed by atoms with Gasteiger partial charge in [0, 0.05) is 26.6 Å². The Bertz CT molecular complexity index is 1100. The Labute approximate surface area is 208 Å². The van der Waals surface area contributed by atoms with Gasteiger partial charge in [0.25, 0.3) is 0 Å². The van der Waals surface area contributed by atoms with E-state index in [9.17, 15) is 0 Å². The molecular weight excluding hydrogens is 501 g/mol. The molecule has 2 unspecified atom stereocenters. The van der Waals surface area contributed by atoms with Crippen molar-refractivity contribution in [1.29, 1.82) is 0 Å². The van der Waals surface area contributed by atoms with Gasteiger partial charge in [-0.3, -0.25) is 4.98 Å². The zero-order chi connectivity index (χ0) is 22.4. The molecule has 32 heavy (non-hydrogen) atoms. The van der Waals surface area contributed by atoms with E-state index in [1.165, 1.54) is 62.1 Å². The van der Waals surface area contributed by atoms with Crippen LogP contribution in [0.25, 0.3) is 10.8 Å². The van der Waals surface area contributed by atoms with Crippen molar-refractivity contribution in [1.82, 2.24) is 4.98 Å². The number of fused-ring (bicyclic) bond motifs is 6. The van der Waals surface area contributed by atoms with Crippen molar-refractivity contribution in [2.45, 2.75) is 88.4 Å². The van der Waals surface area contributed by atoms with Crippen LogP contribution in [0.4, 0.5) is 0 Å². The van der Waals surface area contributed by atoms with Crippen molar-refractivity contribution in [2.24, 2.45) is 28.1 Å². The van der Waals surface area contributed by atoms with Gasteiger partial charge in [-0.25, -0.2) is 0 Å². The van der Waals surface area contributed by atoms with Crippen LogP contribution in [0.5, 0.6) is 0 Å². The first-order valence-electron chi connectivity index (χ1n) is 12.9. The van der Waals surface area contributed by atoms with E-state index in [0.29, 0.717) is 25.6 Å². The molecule has 0 saturated heterocycles. The second kappa shape index (κ2) is 7.06. The van der Waals surface area contributed by atoms with Crippen LogP contribution in [0.15, 0.2) is 48.3 Å². The fourth-order valence-corrected chi connectivity index (χ4v) is 10.7. The van der Waals surface area contributed by atoms with Crippen LogP contribution in [0.1, 0.15) is 90.5 Å². The van der Waals surface area contributed by atoms with Gasteiger partial charge in [-0.2, -0.15) is 0 Å². The molecule has 2 heteroatoms. The number of alkyl halides is 1. The molecule has 170 valence electrons. The van der Waals surface area contributed by atoms with E-state index in [0.717, 1.165) is 11.8 Å². The Kier molecular flexibility index (Phi) is 4.77. The first-order chi connectivity index (χ1) is 15.2. The number of rotatable bonds is 1. The van der Waals surface area contributed by atoms with E-state index in [1.807, 2.05) is 18.0 Å². The summed E-state index contributed by atoms with van der Waals surface area (Å²) in [6.45, 7) is 10.5. The Hall–Kier alpha value is -0.900. The Balaban J connectivity index is 1.40. The summed E-state index contributed by atoms with van der Waals surface area (Å²) in [6.07, 6.45) is 17.6. The molecule has 1 heterocycles. The highest BCUT2D eigenvalue weighted by molar-refractivity contribution is 14.1. The minimum atomic E-state index is 0.391. The lowest BCUT2D eigenvalue weighted by Gasteiger charge is -2.68. The predicted octanol–water partition coefficient (Wildman–Crippen LogP) is 8.87. The molecule has 0 radical (unpaired) electrons. The monoisotopic (exact) mass is 539 g/mol. The normalized spacial score (nSPS) is 45.7. The van der Waals surface area contributed by atoms with E-state index in [4.69, 9.17) is 0 Å². The Morgan fingerprint density at radius 1 is 0.969 bits per heavy atom. The van der Waals surface area contributed by atoms with Crippen molar-refractivity contribution >= 4 is 33.4 Å². The van der Waals surface area contributed by atoms with Gasteiger partial charge in [-0.1, -0.05) is 80.1 Å². The molecule has 2 aromatic rings. The average molecular weight is 540 g/mol. The Morgan fingerprint density at radius 2 is 1.81 bits per heavy atom. The topological polar surface area (TPSA) is 12.9 Å². The number of pyridine rings is 1. The molecule has 7 atom stereocenters. The summed E-state index contributed by atoms with van der Waals surface area (Å²) < 4.78 is 0.399. The third-order valence-corrected chi connectivity index (χ3v) is 14.1. The van der Waals surface area contributed by atoms with E-state index >= 15 is 0 Å². The number of nitrogens with zero attached hydrogens (tertiary/aromatic N) is 1. The van der Waals surface area contributed by atoms with Gasteiger partial charge in [0.15, 0.2) is 0 Å². The van der Waals surface area contributed by atoms with Crippen LogP contribution in [-0.4, -0.2) is 8.41 Å². The van der Waals surface area contributed by atoms with E-state index < -0.39 is 0 Å². The van der Waals surface area contributed by atoms with E-state index in [1.54, 1.807) is 5.56 Å². The number of aromatic nitrogens is 1. The van der Waals surface area contributed by atoms with Crippen molar-refractivity contribution in [3.05, 3.63) is 53.9 Å². The molecule has 4 aliphatic carbocycles. The van der Waals surface area contributed by atoms with Crippen molar-refractivity contribution in [3.63, 3.8) is 0 Å². The summed E-state index contributed by atoms with van der Waals surface area (Å²) >= 11 is 3.01. The lowest BCUT2D eigenvalue weighted by atomic mass is 9.41. The molecular formula is C30H38IN. The smallest absolute Gasteiger partial charge is 0.0372 e. The lowest BCUT2D eigenvalue weighted by molar-refractivity contribution is -0.0676. The summed E-state index contributed by atoms with van der Waals surface area (Å²) in [4.78, 5) is 4.32. The van der Waals surface area contributed by atoms with Gasteiger partial charge in [-0.05, 0) is 97.0 Å². The molecule has 3 saturated carbocycles. The predicted molar refractivity (Wildman–Crippen MR) is 143 cm³/mol. The molecule has 0 N–H and O–H groups in total. The molecule has 4 aliphatic rings. The second-order valence-electron chi connectivity index (χ2n) is 12.5. The van der Waals surface area contributed by atoms with Crippen LogP contribution in [0, 0.1) is 28.1 Å². The minimum absolute atomic E-state index is 0.391. The number of hydrogen-bond acceptors (Lipinski definition) is 1. The molecule has 0 spiro atoms. The molecule has 1 nitrogen and oxygen atoms in total. The van der Waals surface area contributed by atoms with Crippen LogP contribution in [0.2, 0.25) is 0 Å². The van der Waals surface area contributed by atoms with Crippen LogP contribution in [-0.2, 0) is 0 Å². The summed E-state index contributed by atoms with van der Waals surface area (Å²) in [5.74, 6) is 2.37. The maximum absolute atomic E-state index is 4.32. The summed E-state index contributed by atoms with van der Waals surface area (Å²) in [7, 11) is 0. The van der Waals surface area contributed by atoms with Gasteiger partial charge in [0.05, 0.1) is 0 Å². The molecule has 0 bridgehead atoms. The quantitative estimate of drug-likeness (QED) is 0.200. The Morgan fingerprint density at radius 3 is 2.66 bits per heavy atom. The number of halogens is 1. The minimum Gasteiger partial charge on any atom is -0.264 e. The molecule has 0 amide bonds. The standard InChI is InChI=1S/C30H38IN/c1-20-9-12-28(3)24(17-20)10-13-29(4)26-8-7-25(27(26,2)14-15-30(28,29)31)22-5-6-23-19-32-16-11-21(23)18-22/h5-6,10-11,16,18-20,25-26H,7-9,12-15,17H2,1-4H3/t20?,25-,26-,27?,28+,29+,30+/m1/s1. The van der Waals surface area contributed by atoms with Crippen LogP contribution >= 0.6 is 22.6 Å². The van der Waals surface area contributed by atoms with Gasteiger partial charge in [0.1, 0.15) is 0 Å². The molecule has 6 rings (SSSR count). The molecule has 3 fully saturated rings. The first-order valence-corrected chi connectivity index (χ1v) is 14.0. The van der Waals surface area contributed by atoms with Gasteiger partial charge < -0.3 is 0 Å². The second-order valence-corrected chi connectivity index (χ2v) is 14.3. The summed E-state index contributed by atoms with van der Waals surface area (Å²) in [6, 6.07) is 9.39. The zero-order valence-electron chi connectivity index (χ0n) is 20.3. The first kappa shape index (κ1) is 21.6. The van der Waals surface area contributed by atoms with Crippen LogP contribution in [0.3, 0.4) is 0 Å². The number of hydrogen-bond donors (Lipinski definition) is 0. The fraction of sp³-hybridized carbons (Fsp3) is 0.633. The fourth-order valence-electron chi connectivity index (χ4n) is 9.20. The van der Waals surface area contributed by atoms with Crippen molar-refractivity contribution in [3.8, 4) is 0 Å². The number of benzene rings is 1. The third-order valence-electron chi connectivity index (χ3n) is 11.1. The largest absolute Gasteiger partial charge is 0.264 e. The lowest BCUT2D eigenvalue weighted by Crippen LogP contribution is -2.64. The van der Waals surface area contributed by atoms with E-state index in [-0.39, 0.29) is 0 Å². The third kappa shape index (κ3) is 2.65. The molecule has 1 aromatic heterocycles. The van der Waals surface area contributed by atoms with Gasteiger partial charge in [-0.15, -0.1) is 0 Å². The maximum atomic E-state index is 4.32. The van der Waals surface area contributed by atoms with Crippen molar-refractivity contribution in [2.75, 3.05) is 0 Å². The summed E-state index contributed by atoms with van der Waals surface area (Å²) in [5.41, 5.74) is 4.58.